The van der Waals surface area contributed by atoms with Crippen LogP contribution in [0.1, 0.15) is 72.2 Å². The average molecular weight is 516 g/mol. The number of aryl methyl sites for hydroxylation is 2. The summed E-state index contributed by atoms with van der Waals surface area (Å²) in [6.45, 7) is 17.5. The van der Waals surface area contributed by atoms with Crippen molar-refractivity contribution < 1.29 is 4.74 Å². The van der Waals surface area contributed by atoms with E-state index in [-0.39, 0.29) is 5.54 Å². The molecule has 0 radical (unpaired) electrons. The van der Waals surface area contributed by atoms with Gasteiger partial charge in [0.2, 0.25) is 5.95 Å². The highest BCUT2D eigenvalue weighted by molar-refractivity contribution is 7.21. The summed E-state index contributed by atoms with van der Waals surface area (Å²) in [5, 5.41) is 7.89. The lowest BCUT2D eigenvalue weighted by atomic mass is 9.87. The maximum atomic E-state index is 6.40. The number of rotatable bonds is 8. The number of thiazole rings is 1. The minimum atomic E-state index is -0.175. The normalized spacial score (nSPS) is 17.2. The zero-order valence-electron chi connectivity index (χ0n) is 23.5. The zero-order valence-corrected chi connectivity index (χ0v) is 24.3. The summed E-state index contributed by atoms with van der Waals surface area (Å²) < 4.78 is 6.27. The van der Waals surface area contributed by atoms with Crippen LogP contribution < -0.4 is 16.4 Å². The molecule has 3 aromatic rings. The summed E-state index contributed by atoms with van der Waals surface area (Å²) >= 11 is 1.65. The van der Waals surface area contributed by atoms with Gasteiger partial charge in [-0.25, -0.2) is 9.97 Å². The molecule has 0 spiro atoms. The highest BCUT2D eigenvalue weighted by Crippen LogP contribution is 2.39. The van der Waals surface area contributed by atoms with Crippen LogP contribution in [0, 0.1) is 19.8 Å². The first-order valence-corrected chi connectivity index (χ1v) is 14.0. The Morgan fingerprint density at radius 1 is 1.08 bits per heavy atom. The Balaban J connectivity index is 0.00000109. The standard InChI is InChI=1S/C23H33N7OS.2C2H6/c1-13-18(21-29-19-14(2)25-9-8-17(19)32-21)20(30-22(27-13)26-10-11-31-5)28-16-7-6-15(12-16)23(3,4)24;2*1-2/h8-9,15-16H,6-7,10-12,24H2,1-5H3,(H2,26,27,28,30);2*1-2H3/t15?,16-;;/m0../s1. The van der Waals surface area contributed by atoms with Crippen LogP contribution in [0.5, 0.6) is 0 Å². The molecular weight excluding hydrogens is 470 g/mol. The summed E-state index contributed by atoms with van der Waals surface area (Å²) in [5.41, 5.74) is 9.94. The van der Waals surface area contributed by atoms with E-state index >= 15 is 0 Å². The van der Waals surface area contributed by atoms with E-state index in [4.69, 9.17) is 25.4 Å². The van der Waals surface area contributed by atoms with Gasteiger partial charge >= 0.3 is 0 Å². The van der Waals surface area contributed by atoms with Crippen LogP contribution in [0.4, 0.5) is 11.8 Å². The van der Waals surface area contributed by atoms with Crippen LogP contribution in [0.15, 0.2) is 12.3 Å². The van der Waals surface area contributed by atoms with E-state index in [2.05, 4.69) is 29.5 Å². The molecule has 1 fully saturated rings. The molecule has 0 amide bonds. The van der Waals surface area contributed by atoms with Gasteiger partial charge in [0, 0.05) is 31.4 Å². The molecule has 2 atom stereocenters. The topological polar surface area (TPSA) is 111 Å². The molecule has 200 valence electrons. The lowest BCUT2D eigenvalue weighted by Gasteiger charge is -2.27. The third-order valence-corrected chi connectivity index (χ3v) is 7.25. The van der Waals surface area contributed by atoms with Gasteiger partial charge in [-0.3, -0.25) is 4.98 Å². The first-order chi connectivity index (χ1) is 17.3. The number of fused-ring (bicyclic) bond motifs is 1. The average Bonchev–Trinajstić information content (AvgIpc) is 3.50. The van der Waals surface area contributed by atoms with Crippen LogP contribution in [0.3, 0.4) is 0 Å². The number of hydrogen-bond donors (Lipinski definition) is 3. The molecule has 1 saturated carbocycles. The van der Waals surface area contributed by atoms with E-state index in [1.807, 2.05) is 53.8 Å². The highest BCUT2D eigenvalue weighted by atomic mass is 32.1. The van der Waals surface area contributed by atoms with E-state index in [9.17, 15) is 0 Å². The molecule has 1 aliphatic carbocycles. The number of ether oxygens (including phenoxy) is 1. The van der Waals surface area contributed by atoms with Crippen molar-refractivity contribution in [3.63, 3.8) is 0 Å². The minimum absolute atomic E-state index is 0.175. The molecule has 4 rings (SSSR count). The van der Waals surface area contributed by atoms with Crippen LogP contribution in [0.2, 0.25) is 0 Å². The molecule has 0 aromatic carbocycles. The van der Waals surface area contributed by atoms with E-state index in [1.165, 1.54) is 0 Å². The molecule has 3 heterocycles. The van der Waals surface area contributed by atoms with E-state index in [0.29, 0.717) is 31.1 Å². The van der Waals surface area contributed by atoms with Gasteiger partial charge in [-0.1, -0.05) is 27.7 Å². The Morgan fingerprint density at radius 2 is 1.81 bits per heavy atom. The Hall–Kier alpha value is -2.36. The SMILES string of the molecule is CC.CC.COCCNc1nc(C)c(-c2nc3c(C)nccc3s2)c(N[C@H]2CCC(C(C)(C)N)C2)n1. The van der Waals surface area contributed by atoms with Gasteiger partial charge in [0.05, 0.1) is 28.3 Å². The van der Waals surface area contributed by atoms with Crippen molar-refractivity contribution >= 4 is 33.3 Å². The van der Waals surface area contributed by atoms with Crippen molar-refractivity contribution in [2.75, 3.05) is 30.9 Å². The van der Waals surface area contributed by atoms with Crippen molar-refractivity contribution in [2.24, 2.45) is 11.7 Å². The van der Waals surface area contributed by atoms with Crippen LogP contribution >= 0.6 is 11.3 Å². The molecule has 1 unspecified atom stereocenters. The second kappa shape index (κ2) is 13.8. The second-order valence-electron chi connectivity index (χ2n) is 9.21. The smallest absolute Gasteiger partial charge is 0.224 e. The fourth-order valence-electron chi connectivity index (χ4n) is 4.35. The van der Waals surface area contributed by atoms with Crippen molar-refractivity contribution in [3.8, 4) is 10.6 Å². The van der Waals surface area contributed by atoms with Crippen LogP contribution in [-0.2, 0) is 4.74 Å². The number of pyridine rings is 1. The number of methoxy groups -OCH3 is 1. The second-order valence-corrected chi connectivity index (χ2v) is 10.2. The van der Waals surface area contributed by atoms with Gasteiger partial charge in [0.25, 0.3) is 0 Å². The monoisotopic (exact) mass is 515 g/mol. The van der Waals surface area contributed by atoms with Crippen LogP contribution in [0.25, 0.3) is 20.8 Å². The van der Waals surface area contributed by atoms with Gasteiger partial charge in [-0.15, -0.1) is 11.3 Å². The molecule has 0 saturated heterocycles. The number of aromatic nitrogens is 4. The molecule has 1 aliphatic rings. The van der Waals surface area contributed by atoms with Gasteiger partial charge < -0.3 is 21.1 Å². The molecule has 9 heteroatoms. The quantitative estimate of drug-likeness (QED) is 0.304. The lowest BCUT2D eigenvalue weighted by molar-refractivity contribution is 0.210. The maximum Gasteiger partial charge on any atom is 0.224 e. The van der Waals surface area contributed by atoms with Crippen molar-refractivity contribution in [1.29, 1.82) is 0 Å². The molecule has 0 bridgehead atoms. The molecule has 4 N–H and O–H groups in total. The summed E-state index contributed by atoms with van der Waals surface area (Å²) in [4.78, 5) is 18.9. The molecule has 36 heavy (non-hydrogen) atoms. The molecular formula is C27H45N7OS. The lowest BCUT2D eigenvalue weighted by Crippen LogP contribution is -2.40. The van der Waals surface area contributed by atoms with E-state index in [0.717, 1.165) is 57.3 Å². The maximum absolute atomic E-state index is 6.40. The Bertz CT molecular complexity index is 1090. The Morgan fingerprint density at radius 3 is 2.42 bits per heavy atom. The fourth-order valence-corrected chi connectivity index (χ4v) is 5.46. The molecule has 0 aliphatic heterocycles. The van der Waals surface area contributed by atoms with E-state index < -0.39 is 0 Å². The summed E-state index contributed by atoms with van der Waals surface area (Å²) in [6, 6.07) is 2.33. The van der Waals surface area contributed by atoms with Gasteiger partial charge in [0.1, 0.15) is 16.3 Å². The molecule has 8 nitrogen and oxygen atoms in total. The number of nitrogens with two attached hydrogens (primary N) is 1. The van der Waals surface area contributed by atoms with Crippen molar-refractivity contribution in [1.82, 2.24) is 19.9 Å². The first-order valence-electron chi connectivity index (χ1n) is 13.2. The number of nitrogens with zero attached hydrogens (tertiary/aromatic N) is 4. The Labute approximate surface area is 220 Å². The predicted octanol–water partition coefficient (Wildman–Crippen LogP) is 6.19. The van der Waals surface area contributed by atoms with Crippen molar-refractivity contribution in [3.05, 3.63) is 23.7 Å². The first kappa shape index (κ1) is 29.9. The summed E-state index contributed by atoms with van der Waals surface area (Å²) in [7, 11) is 1.68. The Kier molecular flexibility index (Phi) is 11.5. The summed E-state index contributed by atoms with van der Waals surface area (Å²) in [6.07, 6.45) is 5.05. The van der Waals surface area contributed by atoms with Crippen LogP contribution in [-0.4, -0.2) is 51.8 Å². The van der Waals surface area contributed by atoms with Gasteiger partial charge in [-0.2, -0.15) is 4.98 Å². The predicted molar refractivity (Wildman–Crippen MR) is 154 cm³/mol. The van der Waals surface area contributed by atoms with Gasteiger partial charge in [0.15, 0.2) is 0 Å². The molecule has 3 aromatic heterocycles. The number of hydrogen-bond acceptors (Lipinski definition) is 9. The largest absolute Gasteiger partial charge is 0.383 e. The van der Waals surface area contributed by atoms with Gasteiger partial charge in [-0.05, 0) is 58.9 Å². The highest BCUT2D eigenvalue weighted by Gasteiger charge is 2.34. The third kappa shape index (κ3) is 7.33. The van der Waals surface area contributed by atoms with Crippen molar-refractivity contribution in [2.45, 2.75) is 86.2 Å². The zero-order chi connectivity index (χ0) is 26.9. The third-order valence-electron chi connectivity index (χ3n) is 6.21. The number of nitrogens with one attached hydrogen (secondary N) is 2. The minimum Gasteiger partial charge on any atom is -0.383 e. The number of anilines is 2. The fraction of sp³-hybridized carbons (Fsp3) is 0.630. The van der Waals surface area contributed by atoms with E-state index in [1.54, 1.807) is 18.4 Å². The summed E-state index contributed by atoms with van der Waals surface area (Å²) in [5.74, 6) is 1.91.